The summed E-state index contributed by atoms with van der Waals surface area (Å²) >= 11 is 0. The van der Waals surface area contributed by atoms with Crippen molar-refractivity contribution in [3.8, 4) is 0 Å². The normalized spacial score (nSPS) is 32.1. The fourth-order valence-electron chi connectivity index (χ4n) is 3.13. The zero-order valence-corrected chi connectivity index (χ0v) is 10.0. The van der Waals surface area contributed by atoms with Gasteiger partial charge in [-0.25, -0.2) is 0 Å². The summed E-state index contributed by atoms with van der Waals surface area (Å²) in [5.74, 6) is 2.24. The van der Waals surface area contributed by atoms with Crippen LogP contribution in [0.25, 0.3) is 0 Å². The lowest BCUT2D eigenvalue weighted by atomic mass is 9.69. The monoisotopic (exact) mass is 209 g/mol. The Morgan fingerprint density at radius 3 is 1.93 bits per heavy atom. The maximum Gasteiger partial charge on any atom is 0.219 e. The molecule has 0 bridgehead atoms. The first kappa shape index (κ1) is 11.0. The average molecular weight is 209 g/mol. The minimum Gasteiger partial charge on any atom is -0.343 e. The van der Waals surface area contributed by atoms with E-state index in [9.17, 15) is 4.79 Å². The molecule has 0 radical (unpaired) electrons. The highest BCUT2D eigenvalue weighted by Crippen LogP contribution is 2.41. The smallest absolute Gasteiger partial charge is 0.219 e. The second kappa shape index (κ2) is 4.54. The van der Waals surface area contributed by atoms with Crippen molar-refractivity contribution in [2.24, 2.45) is 11.8 Å². The third kappa shape index (κ3) is 2.35. The van der Waals surface area contributed by atoms with Crippen molar-refractivity contribution in [2.75, 3.05) is 7.05 Å². The lowest BCUT2D eigenvalue weighted by Crippen LogP contribution is -2.39. The van der Waals surface area contributed by atoms with E-state index in [-0.39, 0.29) is 5.91 Å². The molecule has 0 aliphatic heterocycles. The molecule has 2 aliphatic carbocycles. The zero-order chi connectivity index (χ0) is 10.8. The molecule has 0 N–H and O–H groups in total. The lowest BCUT2D eigenvalue weighted by molar-refractivity contribution is -0.130. The van der Waals surface area contributed by atoms with E-state index in [0.29, 0.717) is 6.04 Å². The molecule has 0 heterocycles. The molecule has 0 aromatic heterocycles. The quantitative estimate of drug-likeness (QED) is 0.685. The van der Waals surface area contributed by atoms with Gasteiger partial charge in [0, 0.05) is 20.0 Å². The molecule has 2 heteroatoms. The van der Waals surface area contributed by atoms with Gasteiger partial charge in [-0.3, -0.25) is 4.79 Å². The highest BCUT2D eigenvalue weighted by Gasteiger charge is 2.32. The van der Waals surface area contributed by atoms with Gasteiger partial charge in [-0.1, -0.05) is 19.3 Å². The zero-order valence-electron chi connectivity index (χ0n) is 10.0. The molecule has 2 saturated carbocycles. The molecule has 86 valence electrons. The van der Waals surface area contributed by atoms with Crippen molar-refractivity contribution >= 4 is 5.91 Å². The van der Waals surface area contributed by atoms with Gasteiger partial charge >= 0.3 is 0 Å². The van der Waals surface area contributed by atoms with Gasteiger partial charge in [0.2, 0.25) is 5.91 Å². The summed E-state index contributed by atoms with van der Waals surface area (Å²) in [7, 11) is 1.96. The number of hydrogen-bond acceptors (Lipinski definition) is 1. The Kier molecular flexibility index (Phi) is 3.32. The van der Waals surface area contributed by atoms with Gasteiger partial charge in [0.15, 0.2) is 0 Å². The SMILES string of the molecule is CC(=O)N(C)C1CCC(C2CCC2)CC1. The average Bonchev–Trinajstić information content (AvgIpc) is 2.15. The molecule has 15 heavy (non-hydrogen) atoms. The molecular weight excluding hydrogens is 186 g/mol. The topological polar surface area (TPSA) is 20.3 Å². The third-order valence-electron chi connectivity index (χ3n) is 4.60. The van der Waals surface area contributed by atoms with Gasteiger partial charge in [0.05, 0.1) is 0 Å². The van der Waals surface area contributed by atoms with Crippen LogP contribution in [0.4, 0.5) is 0 Å². The first-order chi connectivity index (χ1) is 7.18. The van der Waals surface area contributed by atoms with Gasteiger partial charge in [-0.05, 0) is 37.5 Å². The van der Waals surface area contributed by atoms with Crippen molar-refractivity contribution in [3.63, 3.8) is 0 Å². The van der Waals surface area contributed by atoms with Crippen molar-refractivity contribution in [2.45, 2.75) is 57.9 Å². The Bertz CT molecular complexity index is 227. The maximum atomic E-state index is 11.3. The first-order valence-corrected chi connectivity index (χ1v) is 6.42. The second-order valence-corrected chi connectivity index (χ2v) is 5.39. The van der Waals surface area contributed by atoms with Gasteiger partial charge < -0.3 is 4.90 Å². The van der Waals surface area contributed by atoms with Gasteiger partial charge in [-0.15, -0.1) is 0 Å². The number of amides is 1. The summed E-state index contributed by atoms with van der Waals surface area (Å²) in [6.45, 7) is 1.68. The van der Waals surface area contributed by atoms with Crippen LogP contribution in [0.3, 0.4) is 0 Å². The Balaban J connectivity index is 1.78. The number of nitrogens with zero attached hydrogens (tertiary/aromatic N) is 1. The van der Waals surface area contributed by atoms with Gasteiger partial charge in [-0.2, -0.15) is 0 Å². The Morgan fingerprint density at radius 2 is 1.53 bits per heavy atom. The summed E-state index contributed by atoms with van der Waals surface area (Å²) in [6, 6.07) is 0.527. The largest absolute Gasteiger partial charge is 0.343 e. The standard InChI is InChI=1S/C13H23NO/c1-10(15)14(2)13-8-6-12(7-9-13)11-4-3-5-11/h11-13H,3-9H2,1-2H3. The number of rotatable bonds is 2. The molecule has 0 saturated heterocycles. The predicted octanol–water partition coefficient (Wildman–Crippen LogP) is 2.82. The Hall–Kier alpha value is -0.530. The van der Waals surface area contributed by atoms with Crippen molar-refractivity contribution in [1.29, 1.82) is 0 Å². The summed E-state index contributed by atoms with van der Waals surface area (Å²) < 4.78 is 0. The molecule has 0 unspecified atom stereocenters. The molecule has 0 aromatic carbocycles. The van der Waals surface area contributed by atoms with E-state index in [4.69, 9.17) is 0 Å². The number of carbonyl (C=O) groups is 1. The van der Waals surface area contributed by atoms with Crippen LogP contribution in [0, 0.1) is 11.8 Å². The van der Waals surface area contributed by atoms with Crippen LogP contribution in [0.5, 0.6) is 0 Å². The van der Waals surface area contributed by atoms with E-state index in [1.165, 1.54) is 44.9 Å². The molecule has 2 nitrogen and oxygen atoms in total. The van der Waals surface area contributed by atoms with Crippen LogP contribution >= 0.6 is 0 Å². The van der Waals surface area contributed by atoms with Gasteiger partial charge in [0.1, 0.15) is 0 Å². The molecule has 0 atom stereocenters. The Morgan fingerprint density at radius 1 is 1.00 bits per heavy atom. The third-order valence-corrected chi connectivity index (χ3v) is 4.60. The molecule has 2 fully saturated rings. The fraction of sp³-hybridized carbons (Fsp3) is 0.923. The molecule has 0 spiro atoms. The summed E-state index contributed by atoms with van der Waals surface area (Å²) in [4.78, 5) is 13.2. The summed E-state index contributed by atoms with van der Waals surface area (Å²) in [6.07, 6.45) is 9.57. The predicted molar refractivity (Wildman–Crippen MR) is 61.5 cm³/mol. The second-order valence-electron chi connectivity index (χ2n) is 5.39. The number of carbonyl (C=O) groups excluding carboxylic acids is 1. The minimum atomic E-state index is 0.224. The summed E-state index contributed by atoms with van der Waals surface area (Å²) in [5, 5.41) is 0. The molecule has 2 rings (SSSR count). The number of hydrogen-bond donors (Lipinski definition) is 0. The van der Waals surface area contributed by atoms with E-state index in [2.05, 4.69) is 0 Å². The van der Waals surface area contributed by atoms with Crippen molar-refractivity contribution in [1.82, 2.24) is 4.90 Å². The summed E-state index contributed by atoms with van der Waals surface area (Å²) in [5.41, 5.74) is 0. The van der Waals surface area contributed by atoms with E-state index in [0.717, 1.165) is 11.8 Å². The van der Waals surface area contributed by atoms with Crippen LogP contribution in [0.15, 0.2) is 0 Å². The highest BCUT2D eigenvalue weighted by atomic mass is 16.2. The molecule has 2 aliphatic rings. The lowest BCUT2D eigenvalue weighted by Gasteiger charge is -2.40. The highest BCUT2D eigenvalue weighted by molar-refractivity contribution is 5.73. The van der Waals surface area contributed by atoms with Crippen LogP contribution in [0.1, 0.15) is 51.9 Å². The molecule has 1 amide bonds. The van der Waals surface area contributed by atoms with Crippen molar-refractivity contribution < 1.29 is 4.79 Å². The maximum absolute atomic E-state index is 11.3. The van der Waals surface area contributed by atoms with E-state index >= 15 is 0 Å². The first-order valence-electron chi connectivity index (χ1n) is 6.42. The fourth-order valence-corrected chi connectivity index (χ4v) is 3.13. The van der Waals surface area contributed by atoms with Crippen LogP contribution in [-0.4, -0.2) is 23.9 Å². The Labute approximate surface area is 93.0 Å². The van der Waals surface area contributed by atoms with Crippen molar-refractivity contribution in [3.05, 3.63) is 0 Å². The van der Waals surface area contributed by atoms with Crippen LogP contribution in [0.2, 0.25) is 0 Å². The van der Waals surface area contributed by atoms with E-state index in [1.54, 1.807) is 6.92 Å². The van der Waals surface area contributed by atoms with E-state index in [1.807, 2.05) is 11.9 Å². The molecular formula is C13H23NO. The van der Waals surface area contributed by atoms with E-state index < -0.39 is 0 Å². The minimum absolute atomic E-state index is 0.224. The van der Waals surface area contributed by atoms with Gasteiger partial charge in [0.25, 0.3) is 0 Å². The van der Waals surface area contributed by atoms with Crippen LogP contribution < -0.4 is 0 Å². The van der Waals surface area contributed by atoms with Crippen LogP contribution in [-0.2, 0) is 4.79 Å². The molecule has 0 aromatic rings.